The third kappa shape index (κ3) is 3.27. The van der Waals surface area contributed by atoms with Crippen molar-refractivity contribution >= 4 is 5.82 Å². The average molecular weight is 316 g/mol. The summed E-state index contributed by atoms with van der Waals surface area (Å²) in [5, 5.41) is 0. The predicted octanol–water partition coefficient (Wildman–Crippen LogP) is 2.25. The molecule has 0 saturated heterocycles. The number of fused-ring (bicyclic) bond motifs is 1. The fourth-order valence-corrected chi connectivity index (χ4v) is 3.01. The molecule has 1 aromatic heterocycles. The lowest BCUT2D eigenvalue weighted by Crippen LogP contribution is -2.32. The smallest absolute Gasteiger partial charge is 0.136 e. The maximum Gasteiger partial charge on any atom is 0.136 e. The lowest BCUT2D eigenvalue weighted by molar-refractivity contribution is 0.239. The van der Waals surface area contributed by atoms with Gasteiger partial charge < -0.3 is 9.64 Å². The first-order chi connectivity index (χ1) is 11.1. The SMILES string of the molecule is COc1ccc(F)cc1CN1CCc2ncnc(N(C)C)c2C1. The summed E-state index contributed by atoms with van der Waals surface area (Å²) in [5.74, 6) is 1.43. The molecular weight excluding hydrogens is 295 g/mol. The van der Waals surface area contributed by atoms with Crippen LogP contribution in [-0.4, -0.2) is 42.6 Å². The number of benzene rings is 1. The van der Waals surface area contributed by atoms with E-state index in [9.17, 15) is 4.39 Å². The lowest BCUT2D eigenvalue weighted by Gasteiger charge is -2.30. The highest BCUT2D eigenvalue weighted by Gasteiger charge is 2.22. The molecule has 1 aliphatic heterocycles. The maximum absolute atomic E-state index is 13.5. The van der Waals surface area contributed by atoms with E-state index in [4.69, 9.17) is 4.74 Å². The van der Waals surface area contributed by atoms with Gasteiger partial charge in [-0.3, -0.25) is 4.90 Å². The van der Waals surface area contributed by atoms with Crippen LogP contribution in [-0.2, 0) is 19.5 Å². The number of halogens is 1. The number of hydrogen-bond donors (Lipinski definition) is 0. The van der Waals surface area contributed by atoms with Crippen molar-refractivity contribution in [2.75, 3.05) is 32.6 Å². The van der Waals surface area contributed by atoms with Crippen LogP contribution in [0.1, 0.15) is 16.8 Å². The summed E-state index contributed by atoms with van der Waals surface area (Å²) < 4.78 is 18.9. The quantitative estimate of drug-likeness (QED) is 0.865. The van der Waals surface area contributed by atoms with E-state index >= 15 is 0 Å². The van der Waals surface area contributed by atoms with Crippen LogP contribution in [0.5, 0.6) is 5.75 Å². The van der Waals surface area contributed by atoms with E-state index < -0.39 is 0 Å². The Kier molecular flexibility index (Phi) is 4.43. The summed E-state index contributed by atoms with van der Waals surface area (Å²) in [7, 11) is 5.58. The van der Waals surface area contributed by atoms with Gasteiger partial charge >= 0.3 is 0 Å². The summed E-state index contributed by atoms with van der Waals surface area (Å²) in [6.45, 7) is 2.28. The Balaban J connectivity index is 1.84. The molecule has 1 aromatic carbocycles. The van der Waals surface area contributed by atoms with E-state index in [1.54, 1.807) is 25.6 Å². The first kappa shape index (κ1) is 15.7. The van der Waals surface area contributed by atoms with Gasteiger partial charge in [0.25, 0.3) is 0 Å². The van der Waals surface area contributed by atoms with E-state index in [-0.39, 0.29) is 5.82 Å². The van der Waals surface area contributed by atoms with Crippen molar-refractivity contribution in [3.63, 3.8) is 0 Å². The Morgan fingerprint density at radius 1 is 1.30 bits per heavy atom. The van der Waals surface area contributed by atoms with E-state index in [1.165, 1.54) is 6.07 Å². The Morgan fingerprint density at radius 2 is 2.13 bits per heavy atom. The van der Waals surface area contributed by atoms with Gasteiger partial charge in [-0.05, 0) is 18.2 Å². The zero-order chi connectivity index (χ0) is 16.4. The van der Waals surface area contributed by atoms with Crippen molar-refractivity contribution in [1.82, 2.24) is 14.9 Å². The van der Waals surface area contributed by atoms with Gasteiger partial charge in [0.2, 0.25) is 0 Å². The number of methoxy groups -OCH3 is 1. The van der Waals surface area contributed by atoms with E-state index in [0.29, 0.717) is 12.3 Å². The third-order valence-electron chi connectivity index (χ3n) is 4.12. The molecule has 0 amide bonds. The Bertz CT molecular complexity index is 705. The predicted molar refractivity (Wildman–Crippen MR) is 87.1 cm³/mol. The second-order valence-electron chi connectivity index (χ2n) is 5.93. The number of aromatic nitrogens is 2. The molecule has 0 atom stereocenters. The fraction of sp³-hybridized carbons (Fsp3) is 0.412. The van der Waals surface area contributed by atoms with Crippen molar-refractivity contribution < 1.29 is 9.13 Å². The summed E-state index contributed by atoms with van der Waals surface area (Å²) in [4.78, 5) is 13.1. The zero-order valence-electron chi connectivity index (χ0n) is 13.7. The first-order valence-electron chi connectivity index (χ1n) is 7.63. The minimum absolute atomic E-state index is 0.240. The van der Waals surface area contributed by atoms with E-state index in [2.05, 4.69) is 14.9 Å². The van der Waals surface area contributed by atoms with E-state index in [0.717, 1.165) is 42.1 Å². The largest absolute Gasteiger partial charge is 0.496 e. The molecule has 0 saturated carbocycles. The standard InChI is InChI=1S/C17H21FN4O/c1-21(2)17-14-10-22(7-6-15(14)19-11-20-17)9-12-8-13(18)4-5-16(12)23-3/h4-5,8,11H,6-7,9-10H2,1-3H3. The molecule has 0 fully saturated rings. The average Bonchev–Trinajstić information content (AvgIpc) is 2.54. The molecular formula is C17H21FN4O. The molecule has 0 spiro atoms. The second-order valence-corrected chi connectivity index (χ2v) is 5.93. The van der Waals surface area contributed by atoms with Gasteiger partial charge in [0.1, 0.15) is 23.7 Å². The third-order valence-corrected chi connectivity index (χ3v) is 4.12. The van der Waals surface area contributed by atoms with Gasteiger partial charge in [0.05, 0.1) is 12.8 Å². The number of rotatable bonds is 4. The van der Waals surface area contributed by atoms with Crippen molar-refractivity contribution in [1.29, 1.82) is 0 Å². The van der Waals surface area contributed by atoms with Crippen molar-refractivity contribution in [3.8, 4) is 5.75 Å². The van der Waals surface area contributed by atoms with Crippen LogP contribution in [0.25, 0.3) is 0 Å². The van der Waals surface area contributed by atoms with Gasteiger partial charge in [0.15, 0.2) is 0 Å². The molecule has 0 N–H and O–H groups in total. The van der Waals surface area contributed by atoms with Gasteiger partial charge in [-0.15, -0.1) is 0 Å². The molecule has 6 heteroatoms. The topological polar surface area (TPSA) is 41.5 Å². The van der Waals surface area contributed by atoms with Crippen LogP contribution in [0.4, 0.5) is 10.2 Å². The number of hydrogen-bond acceptors (Lipinski definition) is 5. The van der Waals surface area contributed by atoms with Gasteiger partial charge in [0, 0.05) is 51.3 Å². The normalized spacial score (nSPS) is 14.4. The zero-order valence-corrected chi connectivity index (χ0v) is 13.7. The molecule has 0 bridgehead atoms. The molecule has 1 aliphatic rings. The van der Waals surface area contributed by atoms with Crippen LogP contribution >= 0.6 is 0 Å². The molecule has 23 heavy (non-hydrogen) atoms. The van der Waals surface area contributed by atoms with Crippen LogP contribution < -0.4 is 9.64 Å². The minimum atomic E-state index is -0.240. The minimum Gasteiger partial charge on any atom is -0.496 e. The highest BCUT2D eigenvalue weighted by atomic mass is 19.1. The first-order valence-corrected chi connectivity index (χ1v) is 7.63. The maximum atomic E-state index is 13.5. The molecule has 122 valence electrons. The van der Waals surface area contributed by atoms with Crippen molar-refractivity contribution in [2.24, 2.45) is 0 Å². The molecule has 0 unspecified atom stereocenters. The molecule has 3 rings (SSSR count). The molecule has 0 aliphatic carbocycles. The summed E-state index contributed by atoms with van der Waals surface area (Å²) in [5.41, 5.74) is 3.12. The van der Waals surface area contributed by atoms with Crippen LogP contribution in [0, 0.1) is 5.82 Å². The Morgan fingerprint density at radius 3 is 2.87 bits per heavy atom. The number of ether oxygens (including phenoxy) is 1. The van der Waals surface area contributed by atoms with Crippen LogP contribution in [0.3, 0.4) is 0 Å². The highest BCUT2D eigenvalue weighted by molar-refractivity contribution is 5.48. The Hall–Kier alpha value is -2.21. The van der Waals surface area contributed by atoms with Gasteiger partial charge in [-0.2, -0.15) is 0 Å². The summed E-state index contributed by atoms with van der Waals surface area (Å²) in [6, 6.07) is 4.64. The summed E-state index contributed by atoms with van der Waals surface area (Å²) in [6.07, 6.45) is 2.50. The van der Waals surface area contributed by atoms with Gasteiger partial charge in [-0.25, -0.2) is 14.4 Å². The molecule has 2 heterocycles. The van der Waals surface area contributed by atoms with Gasteiger partial charge in [-0.1, -0.05) is 0 Å². The fourth-order valence-electron chi connectivity index (χ4n) is 3.01. The highest BCUT2D eigenvalue weighted by Crippen LogP contribution is 2.27. The number of nitrogens with zero attached hydrogens (tertiary/aromatic N) is 4. The van der Waals surface area contributed by atoms with Crippen molar-refractivity contribution in [3.05, 3.63) is 47.2 Å². The molecule has 5 nitrogen and oxygen atoms in total. The van der Waals surface area contributed by atoms with Crippen LogP contribution in [0.2, 0.25) is 0 Å². The van der Waals surface area contributed by atoms with E-state index in [1.807, 2.05) is 19.0 Å². The van der Waals surface area contributed by atoms with Crippen LogP contribution in [0.15, 0.2) is 24.5 Å². The monoisotopic (exact) mass is 316 g/mol. The molecule has 0 radical (unpaired) electrons. The Labute approximate surface area is 135 Å². The molecule has 2 aromatic rings. The second kappa shape index (κ2) is 6.50. The number of anilines is 1. The van der Waals surface area contributed by atoms with Crippen molar-refractivity contribution in [2.45, 2.75) is 19.5 Å². The summed E-state index contributed by atoms with van der Waals surface area (Å²) >= 11 is 0. The lowest BCUT2D eigenvalue weighted by atomic mass is 10.0.